The van der Waals surface area contributed by atoms with Crippen LogP contribution in [-0.4, -0.2) is 16.7 Å². The summed E-state index contributed by atoms with van der Waals surface area (Å²) in [4.78, 5) is 18.2. The monoisotopic (exact) mass is 412 g/mol. The van der Waals surface area contributed by atoms with Crippen molar-refractivity contribution in [3.8, 4) is 21.4 Å². The Balaban J connectivity index is 1.24. The maximum atomic E-state index is 12.5. The van der Waals surface area contributed by atoms with Gasteiger partial charge in [-0.1, -0.05) is 12.5 Å². The minimum absolute atomic E-state index is 0.0886. The first-order valence-electron chi connectivity index (χ1n) is 9.49. The molecule has 2 aliphatic rings. The molecule has 0 atom stereocenters. The fourth-order valence-electron chi connectivity index (χ4n) is 3.74. The number of carbonyl (C=O) groups is 1. The standard InChI is InChI=1S/C21H20N2O3S2/c24-19(12-15-13-28-20(23-15)18-5-4-10-27-18)22-14-6-7-16-17(11-14)26-21(25-16)8-2-1-3-9-21/h4-7,10-11,13H,1-3,8-9,12H2,(H,22,24). The van der Waals surface area contributed by atoms with Gasteiger partial charge in [-0.25, -0.2) is 4.98 Å². The zero-order valence-electron chi connectivity index (χ0n) is 15.3. The Hall–Kier alpha value is -2.38. The molecule has 1 saturated carbocycles. The van der Waals surface area contributed by atoms with Gasteiger partial charge in [0.2, 0.25) is 5.91 Å². The number of hydrogen-bond donors (Lipinski definition) is 1. The molecular formula is C21H20N2O3S2. The van der Waals surface area contributed by atoms with Crippen molar-refractivity contribution in [3.05, 3.63) is 46.8 Å². The molecule has 1 aliphatic carbocycles. The molecule has 1 amide bonds. The summed E-state index contributed by atoms with van der Waals surface area (Å²) in [5, 5.41) is 7.88. The topological polar surface area (TPSA) is 60.5 Å². The number of nitrogens with one attached hydrogen (secondary N) is 1. The van der Waals surface area contributed by atoms with Crippen LogP contribution in [0.2, 0.25) is 0 Å². The number of thiazole rings is 1. The van der Waals surface area contributed by atoms with E-state index in [0.29, 0.717) is 11.4 Å². The summed E-state index contributed by atoms with van der Waals surface area (Å²) in [6.45, 7) is 0. The molecule has 5 rings (SSSR count). The summed E-state index contributed by atoms with van der Waals surface area (Å²) < 4.78 is 12.2. The fourth-order valence-corrected chi connectivity index (χ4v) is 5.37. The van der Waals surface area contributed by atoms with Crippen LogP contribution in [0.3, 0.4) is 0 Å². The third-order valence-corrected chi connectivity index (χ3v) is 6.99. The maximum absolute atomic E-state index is 12.5. The van der Waals surface area contributed by atoms with E-state index in [-0.39, 0.29) is 12.3 Å². The molecule has 1 aliphatic heterocycles. The van der Waals surface area contributed by atoms with Crippen molar-refractivity contribution in [2.45, 2.75) is 44.3 Å². The Morgan fingerprint density at radius 1 is 1.11 bits per heavy atom. The molecule has 1 fully saturated rings. The quantitative estimate of drug-likeness (QED) is 0.616. The molecule has 144 valence electrons. The van der Waals surface area contributed by atoms with Crippen molar-refractivity contribution in [1.82, 2.24) is 4.98 Å². The number of amides is 1. The first kappa shape index (κ1) is 17.7. The van der Waals surface area contributed by atoms with Crippen LogP contribution >= 0.6 is 22.7 Å². The Labute approximate surface area is 171 Å². The molecule has 0 saturated heterocycles. The number of carbonyl (C=O) groups excluding carboxylic acids is 1. The van der Waals surface area contributed by atoms with E-state index in [1.807, 2.05) is 41.1 Å². The highest BCUT2D eigenvalue weighted by molar-refractivity contribution is 7.20. The largest absolute Gasteiger partial charge is 0.448 e. The normalized spacial score (nSPS) is 17.0. The van der Waals surface area contributed by atoms with E-state index < -0.39 is 5.79 Å². The van der Waals surface area contributed by atoms with Crippen LogP contribution in [0.1, 0.15) is 37.8 Å². The zero-order valence-corrected chi connectivity index (χ0v) is 16.9. The zero-order chi connectivity index (χ0) is 19.0. The molecular weight excluding hydrogens is 392 g/mol. The molecule has 1 N–H and O–H groups in total. The molecule has 0 unspecified atom stereocenters. The Kier molecular flexibility index (Phi) is 4.56. The van der Waals surface area contributed by atoms with Gasteiger partial charge in [0.25, 0.3) is 5.79 Å². The third-order valence-electron chi connectivity index (χ3n) is 5.06. The van der Waals surface area contributed by atoms with Gasteiger partial charge >= 0.3 is 0 Å². The minimum Gasteiger partial charge on any atom is -0.448 e. The van der Waals surface area contributed by atoms with E-state index in [2.05, 4.69) is 10.3 Å². The van der Waals surface area contributed by atoms with Crippen LogP contribution in [0.25, 0.3) is 9.88 Å². The number of hydrogen-bond acceptors (Lipinski definition) is 6. The molecule has 3 aromatic rings. The number of anilines is 1. The smallest absolute Gasteiger partial charge is 0.251 e. The van der Waals surface area contributed by atoms with Crippen molar-refractivity contribution < 1.29 is 14.3 Å². The van der Waals surface area contributed by atoms with E-state index in [0.717, 1.165) is 47.0 Å². The van der Waals surface area contributed by atoms with Crippen LogP contribution in [0.4, 0.5) is 5.69 Å². The van der Waals surface area contributed by atoms with Crippen LogP contribution in [-0.2, 0) is 11.2 Å². The summed E-state index contributed by atoms with van der Waals surface area (Å²) >= 11 is 3.22. The second-order valence-electron chi connectivity index (χ2n) is 7.18. The Morgan fingerprint density at radius 2 is 1.96 bits per heavy atom. The predicted molar refractivity (Wildman–Crippen MR) is 111 cm³/mol. The van der Waals surface area contributed by atoms with Crippen molar-refractivity contribution in [2.24, 2.45) is 0 Å². The SMILES string of the molecule is O=C(Cc1csc(-c2cccs2)n1)Nc1ccc2c(c1)OC1(CCCCC1)O2. The molecule has 7 heteroatoms. The Bertz CT molecular complexity index is 991. The predicted octanol–water partition coefficient (Wildman–Crippen LogP) is 5.48. The van der Waals surface area contributed by atoms with E-state index in [4.69, 9.17) is 9.47 Å². The van der Waals surface area contributed by atoms with Gasteiger partial charge in [-0.3, -0.25) is 4.79 Å². The lowest BCUT2D eigenvalue weighted by Gasteiger charge is -2.31. The second kappa shape index (κ2) is 7.22. The average molecular weight is 413 g/mol. The number of thiophene rings is 1. The van der Waals surface area contributed by atoms with Gasteiger partial charge in [0, 0.05) is 30.0 Å². The lowest BCUT2D eigenvalue weighted by molar-refractivity contribution is -0.115. The summed E-state index contributed by atoms with van der Waals surface area (Å²) in [6, 6.07) is 9.64. The number of nitrogens with zero attached hydrogens (tertiary/aromatic N) is 1. The van der Waals surface area contributed by atoms with Gasteiger partial charge in [0.15, 0.2) is 11.5 Å². The molecule has 3 heterocycles. The molecule has 1 aromatic carbocycles. The number of ether oxygens (including phenoxy) is 2. The Morgan fingerprint density at radius 3 is 2.79 bits per heavy atom. The van der Waals surface area contributed by atoms with Gasteiger partial charge in [-0.15, -0.1) is 22.7 Å². The summed E-state index contributed by atoms with van der Waals surface area (Å²) in [7, 11) is 0. The first-order valence-corrected chi connectivity index (χ1v) is 11.3. The molecule has 2 aromatic heterocycles. The van der Waals surface area contributed by atoms with E-state index in [9.17, 15) is 4.79 Å². The van der Waals surface area contributed by atoms with Gasteiger partial charge in [-0.2, -0.15) is 0 Å². The number of aromatic nitrogens is 1. The average Bonchev–Trinajstić information content (AvgIpc) is 3.41. The third kappa shape index (κ3) is 3.52. The van der Waals surface area contributed by atoms with Gasteiger partial charge in [-0.05, 0) is 36.4 Å². The van der Waals surface area contributed by atoms with E-state index in [1.54, 1.807) is 22.7 Å². The number of rotatable bonds is 4. The lowest BCUT2D eigenvalue weighted by Crippen LogP contribution is -2.40. The van der Waals surface area contributed by atoms with Crippen LogP contribution in [0.15, 0.2) is 41.1 Å². The molecule has 28 heavy (non-hydrogen) atoms. The van der Waals surface area contributed by atoms with Gasteiger partial charge < -0.3 is 14.8 Å². The maximum Gasteiger partial charge on any atom is 0.251 e. The molecule has 0 bridgehead atoms. The highest BCUT2D eigenvalue weighted by atomic mass is 32.1. The summed E-state index contributed by atoms with van der Waals surface area (Å²) in [6.07, 6.45) is 5.56. The van der Waals surface area contributed by atoms with Crippen LogP contribution in [0, 0.1) is 0 Å². The van der Waals surface area contributed by atoms with Gasteiger partial charge in [0.05, 0.1) is 17.0 Å². The lowest BCUT2D eigenvalue weighted by atomic mass is 9.94. The summed E-state index contributed by atoms with van der Waals surface area (Å²) in [5.74, 6) is 0.893. The van der Waals surface area contributed by atoms with Crippen LogP contribution < -0.4 is 14.8 Å². The van der Waals surface area contributed by atoms with Crippen molar-refractivity contribution in [1.29, 1.82) is 0 Å². The highest BCUT2D eigenvalue weighted by Crippen LogP contribution is 2.46. The van der Waals surface area contributed by atoms with Crippen molar-refractivity contribution >= 4 is 34.3 Å². The number of benzene rings is 1. The van der Waals surface area contributed by atoms with E-state index >= 15 is 0 Å². The second-order valence-corrected chi connectivity index (χ2v) is 8.99. The van der Waals surface area contributed by atoms with Crippen LogP contribution in [0.5, 0.6) is 11.5 Å². The summed E-state index contributed by atoms with van der Waals surface area (Å²) in [5.41, 5.74) is 1.50. The van der Waals surface area contributed by atoms with E-state index in [1.165, 1.54) is 6.42 Å². The molecule has 0 radical (unpaired) electrons. The van der Waals surface area contributed by atoms with Gasteiger partial charge in [0.1, 0.15) is 5.01 Å². The molecule has 1 spiro atoms. The highest BCUT2D eigenvalue weighted by Gasteiger charge is 2.42. The minimum atomic E-state index is -0.498. The number of fused-ring (bicyclic) bond motifs is 1. The fraction of sp³-hybridized carbons (Fsp3) is 0.333. The molecule has 5 nitrogen and oxygen atoms in total. The van der Waals surface area contributed by atoms with Crippen molar-refractivity contribution in [2.75, 3.05) is 5.32 Å². The first-order chi connectivity index (χ1) is 13.7. The van der Waals surface area contributed by atoms with Crippen molar-refractivity contribution in [3.63, 3.8) is 0 Å².